The molecule has 1 N–H and O–H groups in total. The fourth-order valence-electron chi connectivity index (χ4n) is 3.53. The Balaban J connectivity index is 2.38. The summed E-state index contributed by atoms with van der Waals surface area (Å²) < 4.78 is 0. The number of aromatic hydroxyl groups is 1. The highest BCUT2D eigenvalue weighted by atomic mass is 31.1. The third-order valence-electron chi connectivity index (χ3n) is 5.36. The third-order valence-corrected chi connectivity index (χ3v) is 8.45. The highest BCUT2D eigenvalue weighted by Crippen LogP contribution is 2.39. The molecule has 0 radical (unpaired) electrons. The number of hydrogen-bond acceptors (Lipinski definition) is 1. The van der Waals surface area contributed by atoms with Gasteiger partial charge in [-0.15, -0.1) is 0 Å². The number of rotatable bonds is 3. The van der Waals surface area contributed by atoms with Crippen LogP contribution in [-0.4, -0.2) is 5.11 Å². The van der Waals surface area contributed by atoms with Gasteiger partial charge >= 0.3 is 0 Å². The van der Waals surface area contributed by atoms with Gasteiger partial charge in [0, 0.05) is 0 Å². The van der Waals surface area contributed by atoms with Gasteiger partial charge in [-0.2, -0.15) is 0 Å². The van der Waals surface area contributed by atoms with E-state index in [0.717, 1.165) is 0 Å². The van der Waals surface area contributed by atoms with Crippen LogP contribution in [-0.2, 0) is 0 Å². The van der Waals surface area contributed by atoms with Gasteiger partial charge in [0.15, 0.2) is 0 Å². The van der Waals surface area contributed by atoms with E-state index in [-0.39, 0.29) is 0 Å². The summed E-state index contributed by atoms with van der Waals surface area (Å²) in [6, 6.07) is 16.7. The van der Waals surface area contributed by atoms with Crippen molar-refractivity contribution in [1.29, 1.82) is 0 Å². The average molecular weight is 362 g/mol. The van der Waals surface area contributed by atoms with Crippen molar-refractivity contribution < 1.29 is 5.11 Å². The Hall–Kier alpha value is -2.11. The Bertz CT molecular complexity index is 897. The van der Waals surface area contributed by atoms with Crippen LogP contribution >= 0.6 is 7.92 Å². The number of benzene rings is 3. The minimum atomic E-state index is -0.685. The van der Waals surface area contributed by atoms with Gasteiger partial charge < -0.3 is 5.11 Å². The molecule has 0 saturated carbocycles. The van der Waals surface area contributed by atoms with E-state index < -0.39 is 7.92 Å². The van der Waals surface area contributed by atoms with Crippen molar-refractivity contribution in [1.82, 2.24) is 0 Å². The number of aryl methyl sites for hydroxylation is 4. The minimum absolute atomic E-state index is 0.319. The standard InChI is InChI=1S/C24H27OP/c1-15-7-9-17(3)23(19(15)5)26(22-13-11-21(25)12-14-22)24-18(4)10-8-16(2)20(24)6/h7-14,25H,1-6H3. The summed E-state index contributed by atoms with van der Waals surface area (Å²) in [6.07, 6.45) is 0. The molecule has 0 unspecified atom stereocenters. The number of hydrogen-bond donors (Lipinski definition) is 1. The van der Waals surface area contributed by atoms with Gasteiger partial charge in [0.05, 0.1) is 0 Å². The number of phenols is 1. The first kappa shape index (κ1) is 18.7. The second-order valence-electron chi connectivity index (χ2n) is 7.20. The average Bonchev–Trinajstić information content (AvgIpc) is 2.61. The molecule has 1 nitrogen and oxygen atoms in total. The maximum atomic E-state index is 9.79. The molecule has 0 bridgehead atoms. The van der Waals surface area contributed by atoms with Crippen molar-refractivity contribution in [3.8, 4) is 5.75 Å². The summed E-state index contributed by atoms with van der Waals surface area (Å²) in [7, 11) is -0.685. The molecular weight excluding hydrogens is 335 g/mol. The van der Waals surface area contributed by atoms with Crippen molar-refractivity contribution in [3.63, 3.8) is 0 Å². The van der Waals surface area contributed by atoms with E-state index in [1.165, 1.54) is 49.3 Å². The van der Waals surface area contributed by atoms with Gasteiger partial charge in [0.2, 0.25) is 0 Å². The minimum Gasteiger partial charge on any atom is -0.508 e. The Kier molecular flexibility index (Phi) is 5.21. The smallest absolute Gasteiger partial charge is 0.115 e. The Morgan fingerprint density at radius 1 is 0.538 bits per heavy atom. The van der Waals surface area contributed by atoms with Crippen LogP contribution in [0.2, 0.25) is 0 Å². The molecule has 2 heteroatoms. The summed E-state index contributed by atoms with van der Waals surface area (Å²) in [5.41, 5.74) is 8.11. The molecular formula is C24H27OP. The molecule has 0 amide bonds. The quantitative estimate of drug-likeness (QED) is 0.650. The SMILES string of the molecule is Cc1ccc(C)c(P(c2ccc(O)cc2)c2c(C)ccc(C)c2C)c1C. The number of phenolic OH excluding ortho intramolecular Hbond substituents is 1. The first-order valence-corrected chi connectivity index (χ1v) is 10.4. The zero-order valence-electron chi connectivity index (χ0n) is 16.5. The van der Waals surface area contributed by atoms with E-state index in [9.17, 15) is 5.11 Å². The van der Waals surface area contributed by atoms with Crippen LogP contribution in [0.3, 0.4) is 0 Å². The van der Waals surface area contributed by atoms with Crippen LogP contribution in [0.15, 0.2) is 48.5 Å². The maximum absolute atomic E-state index is 9.79. The van der Waals surface area contributed by atoms with Crippen molar-refractivity contribution in [2.24, 2.45) is 0 Å². The lowest BCUT2D eigenvalue weighted by molar-refractivity contribution is 0.475. The zero-order chi connectivity index (χ0) is 19.0. The predicted molar refractivity (Wildman–Crippen MR) is 115 cm³/mol. The molecule has 0 aliphatic rings. The summed E-state index contributed by atoms with van der Waals surface area (Å²) in [5, 5.41) is 14.0. The Labute approximate surface area is 158 Å². The molecule has 0 saturated heterocycles. The monoisotopic (exact) mass is 362 g/mol. The van der Waals surface area contributed by atoms with Crippen LogP contribution in [0.1, 0.15) is 33.4 Å². The lowest BCUT2D eigenvalue weighted by Crippen LogP contribution is -2.28. The third kappa shape index (κ3) is 3.29. The van der Waals surface area contributed by atoms with Crippen molar-refractivity contribution >= 4 is 23.8 Å². The van der Waals surface area contributed by atoms with Gasteiger partial charge in [0.1, 0.15) is 5.75 Å². The van der Waals surface area contributed by atoms with Crippen LogP contribution in [0, 0.1) is 41.5 Å². The Morgan fingerprint density at radius 3 is 1.35 bits per heavy atom. The van der Waals surface area contributed by atoms with E-state index in [2.05, 4.69) is 77.9 Å². The molecule has 0 spiro atoms. The Morgan fingerprint density at radius 2 is 0.923 bits per heavy atom. The van der Waals surface area contributed by atoms with Crippen LogP contribution < -0.4 is 15.9 Å². The molecule has 134 valence electrons. The topological polar surface area (TPSA) is 20.2 Å². The van der Waals surface area contributed by atoms with E-state index in [0.29, 0.717) is 5.75 Å². The normalized spacial score (nSPS) is 11.2. The fourth-order valence-corrected chi connectivity index (χ4v) is 6.60. The molecule has 0 atom stereocenters. The molecule has 0 aliphatic heterocycles. The van der Waals surface area contributed by atoms with E-state index in [1.54, 1.807) is 0 Å². The van der Waals surface area contributed by atoms with Gasteiger partial charge in [-0.1, -0.05) is 36.4 Å². The van der Waals surface area contributed by atoms with Gasteiger partial charge in [0.25, 0.3) is 0 Å². The van der Waals surface area contributed by atoms with Gasteiger partial charge in [-0.25, -0.2) is 0 Å². The predicted octanol–water partition coefficient (Wildman–Crippen LogP) is 5.00. The maximum Gasteiger partial charge on any atom is 0.115 e. The molecule has 3 aromatic rings. The summed E-state index contributed by atoms with van der Waals surface area (Å²) in [5.74, 6) is 0.319. The highest BCUT2D eigenvalue weighted by molar-refractivity contribution is 7.80. The second-order valence-corrected chi connectivity index (χ2v) is 9.28. The van der Waals surface area contributed by atoms with Crippen LogP contribution in [0.5, 0.6) is 5.75 Å². The zero-order valence-corrected chi connectivity index (χ0v) is 17.4. The molecule has 0 fully saturated rings. The lowest BCUT2D eigenvalue weighted by atomic mass is 10.1. The van der Waals surface area contributed by atoms with E-state index in [1.807, 2.05) is 12.1 Å². The molecule has 3 rings (SSSR count). The molecule has 0 aromatic heterocycles. The fraction of sp³-hybridized carbons (Fsp3) is 0.250. The van der Waals surface area contributed by atoms with Crippen molar-refractivity contribution in [3.05, 3.63) is 81.9 Å². The van der Waals surface area contributed by atoms with E-state index in [4.69, 9.17) is 0 Å². The molecule has 0 heterocycles. The summed E-state index contributed by atoms with van der Waals surface area (Å²) >= 11 is 0. The highest BCUT2D eigenvalue weighted by Gasteiger charge is 2.24. The second kappa shape index (κ2) is 7.25. The van der Waals surface area contributed by atoms with Gasteiger partial charge in [-0.05, 0) is 111 Å². The van der Waals surface area contributed by atoms with Crippen molar-refractivity contribution in [2.75, 3.05) is 0 Å². The van der Waals surface area contributed by atoms with Crippen molar-refractivity contribution in [2.45, 2.75) is 41.5 Å². The van der Waals surface area contributed by atoms with E-state index >= 15 is 0 Å². The van der Waals surface area contributed by atoms with Crippen LogP contribution in [0.25, 0.3) is 0 Å². The first-order valence-electron chi connectivity index (χ1n) is 9.04. The molecule has 3 aromatic carbocycles. The molecule has 0 aliphatic carbocycles. The summed E-state index contributed by atoms with van der Waals surface area (Å²) in [6.45, 7) is 13.3. The first-order chi connectivity index (χ1) is 12.3. The lowest BCUT2D eigenvalue weighted by Gasteiger charge is -2.28. The van der Waals surface area contributed by atoms with Gasteiger partial charge in [-0.3, -0.25) is 0 Å². The summed E-state index contributed by atoms with van der Waals surface area (Å²) in [4.78, 5) is 0. The van der Waals surface area contributed by atoms with Crippen LogP contribution in [0.4, 0.5) is 0 Å². The largest absolute Gasteiger partial charge is 0.508 e. The molecule has 26 heavy (non-hydrogen) atoms.